The molecule has 2 fully saturated rings. The van der Waals surface area contributed by atoms with E-state index in [1.807, 2.05) is 12.1 Å². The Balaban J connectivity index is 1.48. The summed E-state index contributed by atoms with van der Waals surface area (Å²) < 4.78 is 10.6. The van der Waals surface area contributed by atoms with Crippen LogP contribution >= 0.6 is 0 Å². The summed E-state index contributed by atoms with van der Waals surface area (Å²) in [5.74, 6) is -0.557. The summed E-state index contributed by atoms with van der Waals surface area (Å²) in [7, 11) is 1.57. The summed E-state index contributed by atoms with van der Waals surface area (Å²) >= 11 is 0. The maximum Gasteiger partial charge on any atom is 0.253 e. The molecule has 10 nitrogen and oxygen atoms in total. The van der Waals surface area contributed by atoms with Gasteiger partial charge in [-0.25, -0.2) is 0 Å². The van der Waals surface area contributed by atoms with Gasteiger partial charge < -0.3 is 25.4 Å². The Bertz CT molecular complexity index is 1190. The minimum atomic E-state index is -0.981. The van der Waals surface area contributed by atoms with Crippen LogP contribution in [0.3, 0.4) is 0 Å². The molecule has 0 spiro atoms. The molecule has 40 heavy (non-hydrogen) atoms. The number of nitrogens with one attached hydrogen (secondary N) is 3. The number of nitrogens with zero attached hydrogens (tertiary/aromatic N) is 1. The first kappa shape index (κ1) is 29.2. The second kappa shape index (κ2) is 13.0. The number of carbonyl (C=O) groups excluding carboxylic acids is 4. The SMILES string of the molecule is COc1ccc(C[C@H](NC(=O)[C@@H](C)NC(=O)c2cccnc2)C(=O)N[C@@H](CC2CCCC2)C(=O)[C@@]2(C)CO2)cc1. The molecule has 2 aromatic rings. The maximum atomic E-state index is 13.7. The van der Waals surface area contributed by atoms with Crippen molar-refractivity contribution >= 4 is 23.5 Å². The van der Waals surface area contributed by atoms with Crippen molar-refractivity contribution < 1.29 is 28.7 Å². The van der Waals surface area contributed by atoms with Crippen molar-refractivity contribution in [3.05, 3.63) is 59.9 Å². The topological polar surface area (TPSA) is 139 Å². The van der Waals surface area contributed by atoms with E-state index in [1.165, 1.54) is 6.20 Å². The lowest BCUT2D eigenvalue weighted by Gasteiger charge is -2.26. The Morgan fingerprint density at radius 3 is 2.30 bits per heavy atom. The largest absolute Gasteiger partial charge is 0.497 e. The Morgan fingerprint density at radius 2 is 1.70 bits per heavy atom. The average molecular weight is 551 g/mol. The average Bonchev–Trinajstić information content (AvgIpc) is 3.50. The van der Waals surface area contributed by atoms with E-state index in [9.17, 15) is 19.2 Å². The van der Waals surface area contributed by atoms with E-state index in [-0.39, 0.29) is 12.2 Å². The monoisotopic (exact) mass is 550 g/mol. The summed E-state index contributed by atoms with van der Waals surface area (Å²) in [5, 5.41) is 8.37. The van der Waals surface area contributed by atoms with Crippen molar-refractivity contribution in [2.75, 3.05) is 13.7 Å². The summed E-state index contributed by atoms with van der Waals surface area (Å²) in [6, 6.07) is 7.81. The van der Waals surface area contributed by atoms with Crippen molar-refractivity contribution in [2.45, 2.75) is 76.1 Å². The molecule has 0 bridgehead atoms. The third kappa shape index (κ3) is 7.65. The van der Waals surface area contributed by atoms with Crippen LogP contribution < -0.4 is 20.7 Å². The van der Waals surface area contributed by atoms with Gasteiger partial charge in [0.25, 0.3) is 5.91 Å². The molecule has 0 unspecified atom stereocenters. The van der Waals surface area contributed by atoms with E-state index in [0.717, 1.165) is 31.2 Å². The molecular weight excluding hydrogens is 512 g/mol. The summed E-state index contributed by atoms with van der Waals surface area (Å²) in [5.41, 5.74) is 0.235. The van der Waals surface area contributed by atoms with Crippen LogP contribution in [0.15, 0.2) is 48.8 Å². The fourth-order valence-corrected chi connectivity index (χ4v) is 5.05. The molecule has 2 heterocycles. The van der Waals surface area contributed by atoms with E-state index >= 15 is 0 Å². The molecule has 1 aliphatic heterocycles. The summed E-state index contributed by atoms with van der Waals surface area (Å²) in [4.78, 5) is 56.6. The van der Waals surface area contributed by atoms with Gasteiger partial charge in [-0.05, 0) is 56.0 Å². The van der Waals surface area contributed by atoms with Gasteiger partial charge in [0.15, 0.2) is 5.78 Å². The predicted molar refractivity (Wildman–Crippen MR) is 148 cm³/mol. The zero-order valence-corrected chi connectivity index (χ0v) is 23.3. The van der Waals surface area contributed by atoms with Crippen LogP contribution in [0, 0.1) is 5.92 Å². The van der Waals surface area contributed by atoms with E-state index in [0.29, 0.717) is 30.3 Å². The number of pyridine rings is 1. The van der Waals surface area contributed by atoms with Gasteiger partial charge in [0.1, 0.15) is 23.4 Å². The fraction of sp³-hybridized carbons (Fsp3) is 0.500. The van der Waals surface area contributed by atoms with Crippen molar-refractivity contribution in [2.24, 2.45) is 5.92 Å². The van der Waals surface area contributed by atoms with Gasteiger partial charge in [-0.3, -0.25) is 24.2 Å². The molecular formula is C30H38N4O6. The number of Topliss-reactive ketones (excluding diaryl/α,β-unsaturated/α-hetero) is 1. The molecule has 2 aliphatic rings. The van der Waals surface area contributed by atoms with Crippen LogP contribution in [0.2, 0.25) is 0 Å². The number of hydrogen-bond donors (Lipinski definition) is 3. The van der Waals surface area contributed by atoms with Crippen molar-refractivity contribution in [3.63, 3.8) is 0 Å². The van der Waals surface area contributed by atoms with Crippen LogP contribution in [0.1, 0.15) is 61.9 Å². The lowest BCUT2D eigenvalue weighted by molar-refractivity contribution is -0.133. The Hall–Kier alpha value is -3.79. The van der Waals surface area contributed by atoms with Crippen LogP contribution in [-0.4, -0.2) is 65.9 Å². The van der Waals surface area contributed by atoms with E-state index in [4.69, 9.17) is 9.47 Å². The van der Waals surface area contributed by atoms with Gasteiger partial charge in [0.05, 0.1) is 25.3 Å². The van der Waals surface area contributed by atoms with Gasteiger partial charge >= 0.3 is 0 Å². The lowest BCUT2D eigenvalue weighted by atomic mass is 9.90. The van der Waals surface area contributed by atoms with Crippen molar-refractivity contribution in [1.29, 1.82) is 0 Å². The van der Waals surface area contributed by atoms with Gasteiger partial charge in [0.2, 0.25) is 11.8 Å². The summed E-state index contributed by atoms with van der Waals surface area (Å²) in [6.45, 7) is 3.62. The second-order valence-electron chi connectivity index (χ2n) is 10.9. The van der Waals surface area contributed by atoms with E-state index in [1.54, 1.807) is 51.4 Å². The molecule has 1 saturated heterocycles. The second-order valence-corrected chi connectivity index (χ2v) is 10.9. The molecule has 10 heteroatoms. The van der Waals surface area contributed by atoms with Crippen molar-refractivity contribution in [3.8, 4) is 5.75 Å². The molecule has 1 saturated carbocycles. The fourth-order valence-electron chi connectivity index (χ4n) is 5.05. The van der Waals surface area contributed by atoms with Crippen LogP contribution in [-0.2, 0) is 25.5 Å². The number of methoxy groups -OCH3 is 1. The van der Waals surface area contributed by atoms with E-state index < -0.39 is 41.4 Å². The highest BCUT2D eigenvalue weighted by atomic mass is 16.6. The molecule has 1 aromatic heterocycles. The lowest BCUT2D eigenvalue weighted by Crippen LogP contribution is -2.57. The molecule has 4 rings (SSSR count). The first-order valence-electron chi connectivity index (χ1n) is 13.8. The Labute approximate surface area is 234 Å². The highest BCUT2D eigenvalue weighted by Crippen LogP contribution is 2.33. The quantitative estimate of drug-likeness (QED) is 0.326. The number of aromatic nitrogens is 1. The summed E-state index contributed by atoms with van der Waals surface area (Å²) in [6.07, 6.45) is 7.97. The molecule has 4 atom stereocenters. The highest BCUT2D eigenvalue weighted by molar-refractivity contribution is 5.99. The number of ether oxygens (including phenoxy) is 2. The van der Waals surface area contributed by atoms with E-state index in [2.05, 4.69) is 20.9 Å². The molecule has 3 N–H and O–H groups in total. The van der Waals surface area contributed by atoms with Gasteiger partial charge in [-0.15, -0.1) is 0 Å². The number of carbonyl (C=O) groups is 4. The first-order valence-corrected chi connectivity index (χ1v) is 13.8. The molecule has 1 aliphatic carbocycles. The van der Waals surface area contributed by atoms with Crippen molar-refractivity contribution in [1.82, 2.24) is 20.9 Å². The normalized spacial score (nSPS) is 20.6. The Morgan fingerprint density at radius 1 is 1.02 bits per heavy atom. The third-order valence-corrected chi connectivity index (χ3v) is 7.67. The number of benzene rings is 1. The minimum absolute atomic E-state index is 0.139. The third-order valence-electron chi connectivity index (χ3n) is 7.67. The van der Waals surface area contributed by atoms with Gasteiger partial charge in [-0.2, -0.15) is 0 Å². The molecule has 1 aromatic carbocycles. The zero-order valence-electron chi connectivity index (χ0n) is 23.3. The smallest absolute Gasteiger partial charge is 0.253 e. The minimum Gasteiger partial charge on any atom is -0.497 e. The maximum absolute atomic E-state index is 13.7. The van der Waals surface area contributed by atoms with Crippen LogP contribution in [0.5, 0.6) is 5.75 Å². The number of hydrogen-bond acceptors (Lipinski definition) is 7. The van der Waals surface area contributed by atoms with Crippen LogP contribution in [0.25, 0.3) is 0 Å². The standard InChI is InChI=1S/C30H38N4O6/c1-19(32-28(37)22-9-6-14-31-17-22)27(36)34-25(16-21-10-12-23(39-3)13-11-21)29(38)33-24(15-20-7-4-5-8-20)26(35)30(2)18-40-30/h6,9-14,17,19-20,24-25H,4-5,7-8,15-16,18H2,1-3H3,(H,32,37)(H,33,38)(H,34,36)/t19-,24+,25+,30-/m1/s1. The first-order chi connectivity index (χ1) is 19.2. The van der Waals surface area contributed by atoms with Gasteiger partial charge in [-0.1, -0.05) is 37.8 Å². The number of amides is 3. The predicted octanol–water partition coefficient (Wildman–Crippen LogP) is 2.36. The number of epoxide rings is 1. The number of ketones is 1. The number of rotatable bonds is 13. The zero-order chi connectivity index (χ0) is 28.7. The highest BCUT2D eigenvalue weighted by Gasteiger charge is 2.50. The van der Waals surface area contributed by atoms with Gasteiger partial charge in [0, 0.05) is 18.8 Å². The molecule has 0 radical (unpaired) electrons. The Kier molecular flexibility index (Phi) is 9.52. The molecule has 214 valence electrons. The molecule has 3 amide bonds. The van der Waals surface area contributed by atoms with Crippen LogP contribution in [0.4, 0.5) is 0 Å².